The van der Waals surface area contributed by atoms with Gasteiger partial charge in [0.25, 0.3) is 0 Å². The SMILES string of the molecule is CC(C(C(=O)Nc1cc(CCC(=O)O)ccc1F)N1CCC(C(F)(F)F)CC1)C(F)(F)F. The second-order valence-electron chi connectivity index (χ2n) is 7.82. The average Bonchev–Trinajstić information content (AvgIpc) is 2.67. The number of hydrogen-bond donors (Lipinski definition) is 2. The highest BCUT2D eigenvalue weighted by Gasteiger charge is 2.49. The molecule has 1 aliphatic rings. The molecule has 2 rings (SSSR count). The minimum atomic E-state index is -4.81. The standard InChI is InChI=1S/C20H23F7N2O3/c1-11(19(22,23)24)17(29-8-6-13(7-9-29)20(25,26)27)18(32)28-15-10-12(2-4-14(15)21)3-5-16(30)31/h2,4,10-11,13,17H,3,5-9H2,1H3,(H,28,32)(H,30,31). The Morgan fingerprint density at radius 1 is 1.16 bits per heavy atom. The molecule has 12 heteroatoms. The molecule has 1 heterocycles. The van der Waals surface area contributed by atoms with Crippen LogP contribution in [0.25, 0.3) is 0 Å². The van der Waals surface area contributed by atoms with E-state index in [0.717, 1.165) is 24.0 Å². The first-order chi connectivity index (χ1) is 14.7. The van der Waals surface area contributed by atoms with Gasteiger partial charge in [-0.25, -0.2) is 4.39 Å². The lowest BCUT2D eigenvalue weighted by Gasteiger charge is -2.40. The Morgan fingerprint density at radius 2 is 1.75 bits per heavy atom. The number of aliphatic carboxylic acids is 1. The van der Waals surface area contributed by atoms with E-state index in [-0.39, 0.29) is 25.9 Å². The Kier molecular flexibility index (Phi) is 8.13. The first-order valence-corrected chi connectivity index (χ1v) is 9.88. The van der Waals surface area contributed by atoms with Gasteiger partial charge in [0.05, 0.1) is 17.5 Å². The number of anilines is 1. The van der Waals surface area contributed by atoms with Crippen molar-refractivity contribution >= 4 is 17.6 Å². The highest BCUT2D eigenvalue weighted by atomic mass is 19.4. The van der Waals surface area contributed by atoms with Crippen molar-refractivity contribution in [1.82, 2.24) is 4.90 Å². The van der Waals surface area contributed by atoms with Crippen LogP contribution in [0.4, 0.5) is 36.4 Å². The van der Waals surface area contributed by atoms with E-state index < -0.39 is 66.5 Å². The van der Waals surface area contributed by atoms with Crippen molar-refractivity contribution in [3.05, 3.63) is 29.6 Å². The number of piperidine rings is 1. The fourth-order valence-corrected chi connectivity index (χ4v) is 3.67. The third-order valence-corrected chi connectivity index (χ3v) is 5.56. The zero-order valence-electron chi connectivity index (χ0n) is 17.1. The second-order valence-corrected chi connectivity index (χ2v) is 7.82. The van der Waals surface area contributed by atoms with Crippen LogP contribution >= 0.6 is 0 Å². The molecule has 5 nitrogen and oxygen atoms in total. The third kappa shape index (κ3) is 6.81. The number of likely N-dealkylation sites (tertiary alicyclic amines) is 1. The summed E-state index contributed by atoms with van der Waals surface area (Å²) in [5.74, 6) is -7.13. The van der Waals surface area contributed by atoms with Gasteiger partial charge in [0.15, 0.2) is 0 Å². The molecule has 1 saturated heterocycles. The first-order valence-electron chi connectivity index (χ1n) is 9.88. The lowest BCUT2D eigenvalue weighted by atomic mass is 9.91. The number of carbonyl (C=O) groups is 2. The van der Waals surface area contributed by atoms with E-state index >= 15 is 0 Å². The maximum absolute atomic E-state index is 14.2. The summed E-state index contributed by atoms with van der Waals surface area (Å²) >= 11 is 0. The van der Waals surface area contributed by atoms with Gasteiger partial charge < -0.3 is 10.4 Å². The van der Waals surface area contributed by atoms with Crippen LogP contribution in [0, 0.1) is 17.7 Å². The van der Waals surface area contributed by atoms with Crippen molar-refractivity contribution in [2.45, 2.75) is 51.0 Å². The number of benzene rings is 1. The monoisotopic (exact) mass is 472 g/mol. The molecule has 180 valence electrons. The Bertz CT molecular complexity index is 818. The van der Waals surface area contributed by atoms with Gasteiger partial charge >= 0.3 is 18.3 Å². The molecule has 0 aromatic heterocycles. The van der Waals surface area contributed by atoms with Gasteiger partial charge in [0, 0.05) is 6.42 Å². The van der Waals surface area contributed by atoms with E-state index in [9.17, 15) is 40.3 Å². The van der Waals surface area contributed by atoms with E-state index in [1.54, 1.807) is 0 Å². The molecule has 1 aromatic carbocycles. The van der Waals surface area contributed by atoms with E-state index in [4.69, 9.17) is 5.11 Å². The molecule has 1 fully saturated rings. The molecular formula is C20H23F7N2O3. The molecule has 0 saturated carbocycles. The van der Waals surface area contributed by atoms with E-state index in [1.165, 1.54) is 6.07 Å². The van der Waals surface area contributed by atoms with Gasteiger partial charge in [0.1, 0.15) is 11.9 Å². The highest BCUT2D eigenvalue weighted by molar-refractivity contribution is 5.95. The van der Waals surface area contributed by atoms with Crippen molar-refractivity contribution in [3.8, 4) is 0 Å². The van der Waals surface area contributed by atoms with Crippen molar-refractivity contribution in [2.75, 3.05) is 18.4 Å². The number of rotatable bonds is 7. The maximum Gasteiger partial charge on any atom is 0.393 e. The first kappa shape index (κ1) is 25.9. The fraction of sp³-hybridized carbons (Fsp3) is 0.600. The molecular weight excluding hydrogens is 449 g/mol. The van der Waals surface area contributed by atoms with Gasteiger partial charge in [0.2, 0.25) is 5.91 Å². The number of aryl methyl sites for hydroxylation is 1. The van der Waals surface area contributed by atoms with Crippen LogP contribution in [0.3, 0.4) is 0 Å². The fourth-order valence-electron chi connectivity index (χ4n) is 3.67. The predicted octanol–water partition coefficient (Wildman–Crippen LogP) is 4.62. The van der Waals surface area contributed by atoms with Crippen LogP contribution in [0.1, 0.15) is 31.7 Å². The number of carboxylic acid groups (broad SMARTS) is 1. The number of carbonyl (C=O) groups excluding carboxylic acids is 1. The smallest absolute Gasteiger partial charge is 0.393 e. The average molecular weight is 472 g/mol. The lowest BCUT2D eigenvalue weighted by molar-refractivity contribution is -0.200. The topological polar surface area (TPSA) is 69.6 Å². The zero-order valence-corrected chi connectivity index (χ0v) is 17.1. The summed E-state index contributed by atoms with van der Waals surface area (Å²) in [6.07, 6.45) is -10.5. The van der Waals surface area contributed by atoms with Crippen molar-refractivity contribution < 1.29 is 45.4 Å². The normalized spacial score (nSPS) is 18.2. The van der Waals surface area contributed by atoms with E-state index in [2.05, 4.69) is 5.32 Å². The minimum Gasteiger partial charge on any atom is -0.481 e. The van der Waals surface area contributed by atoms with Crippen LogP contribution in [0.5, 0.6) is 0 Å². The number of halogens is 7. The Morgan fingerprint density at radius 3 is 2.25 bits per heavy atom. The van der Waals surface area contributed by atoms with Gasteiger partial charge in [-0.15, -0.1) is 0 Å². The largest absolute Gasteiger partial charge is 0.481 e. The molecule has 32 heavy (non-hydrogen) atoms. The van der Waals surface area contributed by atoms with E-state index in [1.807, 2.05) is 0 Å². The number of amides is 1. The Balaban J connectivity index is 2.23. The van der Waals surface area contributed by atoms with E-state index in [0.29, 0.717) is 5.56 Å². The third-order valence-electron chi connectivity index (χ3n) is 5.56. The maximum atomic E-state index is 14.2. The molecule has 2 unspecified atom stereocenters. The Labute approximate surface area is 179 Å². The van der Waals surface area contributed by atoms with Crippen LogP contribution < -0.4 is 5.32 Å². The molecule has 2 N–H and O–H groups in total. The van der Waals surface area contributed by atoms with Crippen LogP contribution in [0.15, 0.2) is 18.2 Å². The molecule has 0 radical (unpaired) electrons. The molecule has 2 atom stereocenters. The molecule has 0 aliphatic carbocycles. The second kappa shape index (κ2) is 10.1. The van der Waals surface area contributed by atoms with Gasteiger partial charge in [-0.1, -0.05) is 13.0 Å². The number of nitrogens with zero attached hydrogens (tertiary/aromatic N) is 1. The van der Waals surface area contributed by atoms with Crippen molar-refractivity contribution in [1.29, 1.82) is 0 Å². The van der Waals surface area contributed by atoms with Crippen molar-refractivity contribution in [2.24, 2.45) is 11.8 Å². The molecule has 0 spiro atoms. The van der Waals surface area contributed by atoms with Gasteiger partial charge in [-0.2, -0.15) is 26.3 Å². The summed E-state index contributed by atoms with van der Waals surface area (Å²) in [7, 11) is 0. The lowest BCUT2D eigenvalue weighted by Crippen LogP contribution is -2.55. The molecule has 1 amide bonds. The summed E-state index contributed by atoms with van der Waals surface area (Å²) in [4.78, 5) is 24.5. The summed E-state index contributed by atoms with van der Waals surface area (Å²) in [6, 6.07) is 1.50. The summed E-state index contributed by atoms with van der Waals surface area (Å²) in [5.41, 5.74) is -0.0852. The molecule has 1 aromatic rings. The predicted molar refractivity (Wildman–Crippen MR) is 100 cm³/mol. The van der Waals surface area contributed by atoms with Crippen LogP contribution in [-0.2, 0) is 16.0 Å². The number of alkyl halides is 6. The number of nitrogens with one attached hydrogen (secondary N) is 1. The minimum absolute atomic E-state index is 0.00578. The van der Waals surface area contributed by atoms with Gasteiger partial charge in [-0.05, 0) is 50.0 Å². The van der Waals surface area contributed by atoms with Crippen LogP contribution in [-0.4, -0.2) is 53.4 Å². The summed E-state index contributed by atoms with van der Waals surface area (Å²) in [6.45, 7) is 0.00731. The Hall–Kier alpha value is -2.37. The number of carboxylic acids is 1. The molecule has 0 bridgehead atoms. The van der Waals surface area contributed by atoms with Crippen molar-refractivity contribution in [3.63, 3.8) is 0 Å². The zero-order chi connectivity index (χ0) is 24.3. The molecule has 1 aliphatic heterocycles. The van der Waals surface area contributed by atoms with Crippen LogP contribution in [0.2, 0.25) is 0 Å². The number of hydrogen-bond acceptors (Lipinski definition) is 3. The summed E-state index contributed by atoms with van der Waals surface area (Å²) < 4.78 is 93.1. The van der Waals surface area contributed by atoms with Gasteiger partial charge in [-0.3, -0.25) is 14.5 Å². The quantitative estimate of drug-likeness (QED) is 0.569. The highest BCUT2D eigenvalue weighted by Crippen LogP contribution is 2.37. The summed E-state index contributed by atoms with van der Waals surface area (Å²) in [5, 5.41) is 10.8.